The molecule has 0 fully saturated rings. The van der Waals surface area contributed by atoms with Crippen molar-refractivity contribution in [1.29, 1.82) is 0 Å². The largest absolute Gasteiger partial charge is 0.0984 e. The van der Waals surface area contributed by atoms with E-state index in [2.05, 4.69) is 213 Å². The monoisotopic (exact) mass is 688 g/mol. The van der Waals surface area contributed by atoms with E-state index in [0.29, 0.717) is 0 Å². The number of benzene rings is 7. The molecule has 0 nitrogen and oxygen atoms in total. The van der Waals surface area contributed by atoms with Crippen molar-refractivity contribution in [1.82, 2.24) is 0 Å². The lowest BCUT2D eigenvalue weighted by molar-refractivity contribution is 1.61. The third-order valence-electron chi connectivity index (χ3n) is 10.0. The summed E-state index contributed by atoms with van der Waals surface area (Å²) in [5.74, 6) is 0. The van der Waals surface area contributed by atoms with Gasteiger partial charge in [0, 0.05) is 0 Å². The van der Waals surface area contributed by atoms with Crippen molar-refractivity contribution in [3.8, 4) is 22.3 Å². The lowest BCUT2D eigenvalue weighted by Crippen LogP contribution is -1.88. The number of fused-ring (bicyclic) bond motifs is 4. The first-order valence-corrected chi connectivity index (χ1v) is 18.4. The van der Waals surface area contributed by atoms with Gasteiger partial charge in [-0.25, -0.2) is 0 Å². The van der Waals surface area contributed by atoms with Crippen LogP contribution in [0.3, 0.4) is 0 Å². The lowest BCUT2D eigenvalue weighted by Gasteiger charge is -2.13. The first-order valence-electron chi connectivity index (χ1n) is 18.4. The number of hydrogen-bond acceptors (Lipinski definition) is 0. The summed E-state index contributed by atoms with van der Waals surface area (Å²) < 4.78 is 0. The fourth-order valence-corrected chi connectivity index (χ4v) is 7.20. The van der Waals surface area contributed by atoms with Crippen LogP contribution in [0.5, 0.6) is 0 Å². The molecule has 0 aliphatic heterocycles. The summed E-state index contributed by atoms with van der Waals surface area (Å²) in [4.78, 5) is 0. The molecule has 0 saturated heterocycles. The first-order chi connectivity index (χ1) is 26.6. The second-order valence-corrected chi connectivity index (χ2v) is 13.5. The van der Waals surface area contributed by atoms with Crippen LogP contribution in [0.15, 0.2) is 219 Å². The summed E-state index contributed by atoms with van der Waals surface area (Å²) in [7, 11) is 0. The number of hydrogen-bond donors (Lipinski definition) is 0. The van der Waals surface area contributed by atoms with Gasteiger partial charge in [0.25, 0.3) is 0 Å². The van der Waals surface area contributed by atoms with Gasteiger partial charge < -0.3 is 0 Å². The Labute approximate surface area is 318 Å². The second kappa shape index (κ2) is 15.7. The molecule has 0 radical (unpaired) electrons. The van der Waals surface area contributed by atoms with E-state index in [0.717, 1.165) is 55.3 Å². The van der Waals surface area contributed by atoms with Gasteiger partial charge in [0.05, 0.1) is 0 Å². The Bertz CT molecular complexity index is 2760. The van der Waals surface area contributed by atoms with Crippen molar-refractivity contribution >= 4 is 55.6 Å². The zero-order chi connectivity index (χ0) is 36.7. The van der Waals surface area contributed by atoms with Crippen LogP contribution in [0.1, 0.15) is 22.3 Å². The fourth-order valence-electron chi connectivity index (χ4n) is 7.20. The van der Waals surface area contributed by atoms with Crippen molar-refractivity contribution in [3.63, 3.8) is 0 Å². The van der Waals surface area contributed by atoms with Crippen LogP contribution >= 0.6 is 0 Å². The maximum absolute atomic E-state index is 4.60. The van der Waals surface area contributed by atoms with Gasteiger partial charge >= 0.3 is 0 Å². The highest BCUT2D eigenvalue weighted by molar-refractivity contribution is 6.09. The van der Waals surface area contributed by atoms with Crippen molar-refractivity contribution in [3.05, 3.63) is 242 Å². The topological polar surface area (TPSA) is 0 Å². The van der Waals surface area contributed by atoms with E-state index in [1.54, 1.807) is 0 Å². The van der Waals surface area contributed by atoms with Gasteiger partial charge in [-0.3, -0.25) is 0 Å². The van der Waals surface area contributed by atoms with Crippen LogP contribution in [-0.4, -0.2) is 0 Å². The molecule has 0 N–H and O–H groups in total. The van der Waals surface area contributed by atoms with E-state index < -0.39 is 0 Å². The van der Waals surface area contributed by atoms with Crippen molar-refractivity contribution in [2.45, 2.75) is 0 Å². The molecule has 0 amide bonds. The molecule has 0 heteroatoms. The summed E-state index contributed by atoms with van der Waals surface area (Å²) in [6, 6.07) is 69.1. The average molecular weight is 689 g/mol. The van der Waals surface area contributed by atoms with Crippen LogP contribution in [0.25, 0.3) is 77.9 Å². The molecule has 0 bridgehead atoms. The normalized spacial score (nSPS) is 11.5. The molecular weight excluding hydrogens is 649 g/mol. The standard InChI is InChI=1S/C54H40/c1-3-42(36-41-18-10-7-11-19-41)47-33-35-53-51(22-13-5-4-12-21-49(54(53)38-47)39(2)24-25-40-16-8-6-9-17-40)45-28-26-43(27-29-45)46-32-34-52-48(37-46)31-30-44-20-14-15-23-50(44)52/h3-38H,1-2H2/b5-4?,12-4?,13-5?,21-12?,22-13?,25-24-,42-36+,49-21?,51-22?,53-51?,54-49?. The van der Waals surface area contributed by atoms with Gasteiger partial charge in [-0.15, -0.1) is 0 Å². The predicted molar refractivity (Wildman–Crippen MR) is 236 cm³/mol. The van der Waals surface area contributed by atoms with E-state index in [1.807, 2.05) is 18.2 Å². The summed E-state index contributed by atoms with van der Waals surface area (Å²) >= 11 is 0. The zero-order valence-electron chi connectivity index (χ0n) is 30.2. The quantitative estimate of drug-likeness (QED) is 0.0847. The van der Waals surface area contributed by atoms with Gasteiger partial charge in [0.2, 0.25) is 0 Å². The molecule has 0 unspecified atom stereocenters. The third-order valence-corrected chi connectivity index (χ3v) is 10.0. The SMILES string of the molecule is C=C/C(=C\c1ccccc1)c1ccc2c(-c3ccc(-c4ccc5c(ccc6ccccc65)c4)cc3)ccccccc(C(=C)/C=C\c3ccccc3)c2c1. The first kappa shape index (κ1) is 34.1. The molecule has 0 heterocycles. The summed E-state index contributed by atoms with van der Waals surface area (Å²) in [5, 5.41) is 7.31. The Hall–Kier alpha value is -7.02. The molecule has 0 atom stereocenters. The maximum atomic E-state index is 4.60. The predicted octanol–water partition coefficient (Wildman–Crippen LogP) is 15.1. The Balaban J connectivity index is 1.28. The van der Waals surface area contributed by atoms with Gasteiger partial charge in [-0.1, -0.05) is 213 Å². The fraction of sp³-hybridized carbons (Fsp3) is 0. The highest BCUT2D eigenvalue weighted by Gasteiger charge is 2.11. The van der Waals surface area contributed by atoms with Crippen LogP contribution in [0, 0.1) is 0 Å². The van der Waals surface area contributed by atoms with Gasteiger partial charge in [0.15, 0.2) is 0 Å². The van der Waals surface area contributed by atoms with Gasteiger partial charge in [-0.2, -0.15) is 0 Å². The van der Waals surface area contributed by atoms with Gasteiger partial charge in [-0.05, 0) is 106 Å². The maximum Gasteiger partial charge on any atom is -0.00932 e. The molecule has 0 aromatic heterocycles. The van der Waals surface area contributed by atoms with Crippen molar-refractivity contribution in [2.24, 2.45) is 0 Å². The molecule has 0 aliphatic rings. The Morgan fingerprint density at radius 1 is 0.426 bits per heavy atom. The molecule has 8 rings (SSSR count). The number of allylic oxidation sites excluding steroid dienone is 4. The highest BCUT2D eigenvalue weighted by Crippen LogP contribution is 2.36. The Kier molecular flexibility index (Phi) is 9.91. The molecule has 54 heavy (non-hydrogen) atoms. The third kappa shape index (κ3) is 7.33. The molecule has 256 valence electrons. The minimum absolute atomic E-state index is 0.928. The minimum Gasteiger partial charge on any atom is -0.0984 e. The lowest BCUT2D eigenvalue weighted by atomic mass is 9.91. The summed E-state index contributed by atoms with van der Waals surface area (Å²) in [6.07, 6.45) is 8.38. The summed E-state index contributed by atoms with van der Waals surface area (Å²) in [6.45, 7) is 8.81. The molecule has 8 aromatic rings. The Morgan fingerprint density at radius 3 is 1.80 bits per heavy atom. The van der Waals surface area contributed by atoms with Crippen LogP contribution in [0.2, 0.25) is 0 Å². The average Bonchev–Trinajstić information content (AvgIpc) is 3.23. The van der Waals surface area contributed by atoms with E-state index in [-0.39, 0.29) is 0 Å². The van der Waals surface area contributed by atoms with E-state index >= 15 is 0 Å². The molecule has 0 spiro atoms. The molecule has 0 saturated carbocycles. The number of rotatable bonds is 8. The minimum atomic E-state index is 0.928. The van der Waals surface area contributed by atoms with E-state index in [1.165, 1.54) is 32.7 Å². The van der Waals surface area contributed by atoms with Gasteiger partial charge in [0.1, 0.15) is 0 Å². The molecular formula is C54H40. The molecule has 0 aliphatic carbocycles. The van der Waals surface area contributed by atoms with Crippen LogP contribution in [0.4, 0.5) is 0 Å². The smallest absolute Gasteiger partial charge is 0.00932 e. The highest BCUT2D eigenvalue weighted by atomic mass is 14.1. The Morgan fingerprint density at radius 2 is 1.02 bits per heavy atom. The van der Waals surface area contributed by atoms with Crippen LogP contribution in [-0.2, 0) is 0 Å². The summed E-state index contributed by atoms with van der Waals surface area (Å²) in [5.41, 5.74) is 11.1. The van der Waals surface area contributed by atoms with Crippen molar-refractivity contribution in [2.75, 3.05) is 0 Å². The van der Waals surface area contributed by atoms with Crippen LogP contribution < -0.4 is 0 Å². The van der Waals surface area contributed by atoms with E-state index in [4.69, 9.17) is 0 Å². The molecule has 8 aromatic carbocycles. The second-order valence-electron chi connectivity index (χ2n) is 13.5. The zero-order valence-corrected chi connectivity index (χ0v) is 30.2. The van der Waals surface area contributed by atoms with E-state index in [9.17, 15) is 0 Å². The van der Waals surface area contributed by atoms with Crippen molar-refractivity contribution < 1.29 is 0 Å².